The fraction of sp³-hybridized carbons (Fsp3) is 0.286. The van der Waals surface area contributed by atoms with E-state index in [1.807, 2.05) is 0 Å². The van der Waals surface area contributed by atoms with E-state index in [1.54, 1.807) is 24.3 Å². The van der Waals surface area contributed by atoms with Gasteiger partial charge in [-0.15, -0.1) is 0 Å². The predicted molar refractivity (Wildman–Crippen MR) is 65.9 cm³/mol. The van der Waals surface area contributed by atoms with Gasteiger partial charge in [-0.1, -0.05) is 24.3 Å². The summed E-state index contributed by atoms with van der Waals surface area (Å²) < 4.78 is 9.89. The third-order valence-corrected chi connectivity index (χ3v) is 2.59. The molecule has 0 radical (unpaired) electrons. The molecule has 0 N–H and O–H groups in total. The Labute approximate surface area is 105 Å². The van der Waals surface area contributed by atoms with E-state index >= 15 is 0 Å². The zero-order valence-corrected chi connectivity index (χ0v) is 9.93. The molecule has 4 heteroatoms. The second-order valence-electron chi connectivity index (χ2n) is 3.83. The van der Waals surface area contributed by atoms with Crippen LogP contribution in [0.15, 0.2) is 36.4 Å². The fourth-order valence-electron chi connectivity index (χ4n) is 1.68. The Morgan fingerprint density at radius 3 is 1.44 bits per heavy atom. The fourth-order valence-corrected chi connectivity index (χ4v) is 1.68. The molecule has 0 amide bonds. The highest BCUT2D eigenvalue weighted by atomic mass is 16.6. The van der Waals surface area contributed by atoms with Crippen LogP contribution in [0.3, 0.4) is 0 Å². The van der Waals surface area contributed by atoms with Crippen molar-refractivity contribution in [2.45, 2.75) is 0 Å². The molecule has 94 valence electrons. The SMILES string of the molecule is C1COCCO1.O=C1C=CC(=O)c2ccccc21. The normalized spacial score (nSPS) is 17.8. The first-order chi connectivity index (χ1) is 8.79. The molecule has 0 aromatic heterocycles. The molecule has 1 saturated heterocycles. The number of fused-ring (bicyclic) bond motifs is 1. The highest BCUT2D eigenvalue weighted by molar-refractivity contribution is 6.21. The van der Waals surface area contributed by atoms with Crippen LogP contribution in [0.1, 0.15) is 20.7 Å². The Hall–Kier alpha value is -1.78. The Bertz CT molecular complexity index is 424. The van der Waals surface area contributed by atoms with Crippen LogP contribution in [0.25, 0.3) is 0 Å². The van der Waals surface area contributed by atoms with Crippen molar-refractivity contribution < 1.29 is 19.1 Å². The zero-order chi connectivity index (χ0) is 12.8. The van der Waals surface area contributed by atoms with Crippen LogP contribution < -0.4 is 0 Å². The summed E-state index contributed by atoms with van der Waals surface area (Å²) >= 11 is 0. The van der Waals surface area contributed by atoms with Crippen LogP contribution in [0, 0.1) is 0 Å². The first-order valence-electron chi connectivity index (χ1n) is 5.80. The van der Waals surface area contributed by atoms with Gasteiger partial charge >= 0.3 is 0 Å². The highest BCUT2D eigenvalue weighted by Crippen LogP contribution is 2.15. The minimum absolute atomic E-state index is 0.0924. The molecule has 0 bridgehead atoms. The second kappa shape index (κ2) is 6.23. The van der Waals surface area contributed by atoms with E-state index in [-0.39, 0.29) is 11.6 Å². The smallest absolute Gasteiger partial charge is 0.186 e. The second-order valence-corrected chi connectivity index (χ2v) is 3.83. The third kappa shape index (κ3) is 3.12. The Kier molecular flexibility index (Phi) is 4.39. The van der Waals surface area contributed by atoms with Gasteiger partial charge in [-0.3, -0.25) is 9.59 Å². The summed E-state index contributed by atoms with van der Waals surface area (Å²) in [6.07, 6.45) is 2.62. The van der Waals surface area contributed by atoms with Crippen molar-refractivity contribution in [1.29, 1.82) is 0 Å². The minimum Gasteiger partial charge on any atom is -0.377 e. The maximum Gasteiger partial charge on any atom is 0.186 e. The van der Waals surface area contributed by atoms with Gasteiger partial charge in [0.05, 0.1) is 26.4 Å². The topological polar surface area (TPSA) is 52.6 Å². The van der Waals surface area contributed by atoms with Gasteiger partial charge in [0.25, 0.3) is 0 Å². The van der Waals surface area contributed by atoms with E-state index in [0.717, 1.165) is 26.4 Å². The molecule has 2 aliphatic rings. The quantitative estimate of drug-likeness (QED) is 0.698. The largest absolute Gasteiger partial charge is 0.377 e. The number of carbonyl (C=O) groups is 2. The van der Waals surface area contributed by atoms with E-state index in [9.17, 15) is 9.59 Å². The Balaban J connectivity index is 0.000000169. The molecular formula is C14H14O4. The van der Waals surface area contributed by atoms with Crippen LogP contribution in [0.2, 0.25) is 0 Å². The van der Waals surface area contributed by atoms with Gasteiger partial charge < -0.3 is 9.47 Å². The number of carbonyl (C=O) groups excluding carboxylic acids is 2. The van der Waals surface area contributed by atoms with Crippen molar-refractivity contribution in [3.8, 4) is 0 Å². The van der Waals surface area contributed by atoms with E-state index < -0.39 is 0 Å². The van der Waals surface area contributed by atoms with Crippen LogP contribution >= 0.6 is 0 Å². The van der Waals surface area contributed by atoms with Gasteiger partial charge in [-0.25, -0.2) is 0 Å². The summed E-state index contributed by atoms with van der Waals surface area (Å²) in [5.41, 5.74) is 1.01. The van der Waals surface area contributed by atoms with E-state index in [2.05, 4.69) is 0 Å². The molecule has 18 heavy (non-hydrogen) atoms. The highest BCUT2D eigenvalue weighted by Gasteiger charge is 2.16. The average molecular weight is 246 g/mol. The number of rotatable bonds is 0. The Morgan fingerprint density at radius 2 is 1.11 bits per heavy atom. The lowest BCUT2D eigenvalue weighted by Gasteiger charge is -2.09. The van der Waals surface area contributed by atoms with Crippen molar-refractivity contribution in [3.63, 3.8) is 0 Å². The van der Waals surface area contributed by atoms with Gasteiger partial charge in [-0.05, 0) is 12.2 Å². The van der Waals surface area contributed by atoms with Gasteiger partial charge in [-0.2, -0.15) is 0 Å². The van der Waals surface area contributed by atoms with Gasteiger partial charge in [0, 0.05) is 11.1 Å². The monoisotopic (exact) mass is 246 g/mol. The molecule has 0 unspecified atom stereocenters. The lowest BCUT2D eigenvalue weighted by molar-refractivity contribution is -0.0334. The number of hydrogen-bond donors (Lipinski definition) is 0. The van der Waals surface area contributed by atoms with Crippen molar-refractivity contribution in [2.75, 3.05) is 26.4 Å². The summed E-state index contributed by atoms with van der Waals surface area (Å²) in [7, 11) is 0. The Morgan fingerprint density at radius 1 is 0.722 bits per heavy atom. The average Bonchev–Trinajstić information content (AvgIpc) is 2.46. The number of ether oxygens (including phenoxy) is 2. The van der Waals surface area contributed by atoms with Crippen molar-refractivity contribution in [3.05, 3.63) is 47.5 Å². The van der Waals surface area contributed by atoms with Crippen LogP contribution in [0.5, 0.6) is 0 Å². The van der Waals surface area contributed by atoms with Crippen molar-refractivity contribution >= 4 is 11.6 Å². The minimum atomic E-state index is -0.0924. The number of benzene rings is 1. The zero-order valence-electron chi connectivity index (χ0n) is 9.93. The number of hydrogen-bond acceptors (Lipinski definition) is 4. The van der Waals surface area contributed by atoms with Gasteiger partial charge in [0.1, 0.15) is 0 Å². The molecule has 4 nitrogen and oxygen atoms in total. The molecule has 0 atom stereocenters. The number of allylic oxidation sites excluding steroid dienone is 2. The molecule has 0 spiro atoms. The molecule has 1 aliphatic heterocycles. The van der Waals surface area contributed by atoms with Crippen LogP contribution in [0.4, 0.5) is 0 Å². The van der Waals surface area contributed by atoms with Gasteiger partial charge in [0.2, 0.25) is 0 Å². The summed E-state index contributed by atoms with van der Waals surface area (Å²) in [5, 5.41) is 0. The molecule has 1 aromatic rings. The standard InChI is InChI=1S/C10H6O2.C4H8O2/c11-9-5-6-10(12)8-4-2-1-3-7(8)9;1-2-6-4-3-5-1/h1-6H;1-4H2. The molecule has 1 aromatic carbocycles. The first-order valence-corrected chi connectivity index (χ1v) is 5.80. The van der Waals surface area contributed by atoms with E-state index in [4.69, 9.17) is 9.47 Å². The predicted octanol–water partition coefficient (Wildman–Crippen LogP) is 1.66. The summed E-state index contributed by atoms with van der Waals surface area (Å²) in [6.45, 7) is 3.11. The van der Waals surface area contributed by atoms with Crippen LogP contribution in [-0.2, 0) is 9.47 Å². The van der Waals surface area contributed by atoms with E-state index in [0.29, 0.717) is 11.1 Å². The maximum atomic E-state index is 11.2. The molecule has 1 heterocycles. The van der Waals surface area contributed by atoms with Gasteiger partial charge in [0.15, 0.2) is 11.6 Å². The molecule has 3 rings (SSSR count). The molecule has 1 fully saturated rings. The first kappa shape index (κ1) is 12.7. The van der Waals surface area contributed by atoms with Crippen molar-refractivity contribution in [1.82, 2.24) is 0 Å². The van der Waals surface area contributed by atoms with Crippen molar-refractivity contribution in [2.24, 2.45) is 0 Å². The lowest BCUT2D eigenvalue weighted by Crippen LogP contribution is -2.16. The summed E-state index contributed by atoms with van der Waals surface area (Å²) in [5.74, 6) is -0.185. The summed E-state index contributed by atoms with van der Waals surface area (Å²) in [4.78, 5) is 22.4. The molecule has 0 saturated carbocycles. The van der Waals surface area contributed by atoms with E-state index in [1.165, 1.54) is 12.2 Å². The number of ketones is 2. The van der Waals surface area contributed by atoms with Crippen LogP contribution in [-0.4, -0.2) is 38.0 Å². The third-order valence-electron chi connectivity index (χ3n) is 2.59. The lowest BCUT2D eigenvalue weighted by atomic mass is 9.95. The summed E-state index contributed by atoms with van der Waals surface area (Å²) in [6, 6.07) is 6.84. The molecular weight excluding hydrogens is 232 g/mol. The maximum absolute atomic E-state index is 11.2. The molecule has 1 aliphatic carbocycles.